The predicted octanol–water partition coefficient (Wildman–Crippen LogP) is 2.12. The van der Waals surface area contributed by atoms with Gasteiger partial charge in [-0.3, -0.25) is 0 Å². The fourth-order valence-electron chi connectivity index (χ4n) is 1.19. The molecule has 0 radical (unpaired) electrons. The van der Waals surface area contributed by atoms with Crippen molar-refractivity contribution in [3.63, 3.8) is 0 Å². The normalized spacial score (nSPS) is 10.8. The average molecular weight is 280 g/mol. The molecule has 0 aliphatic carbocycles. The van der Waals surface area contributed by atoms with Crippen LogP contribution in [0.15, 0.2) is 10.5 Å². The molecule has 0 spiro atoms. The van der Waals surface area contributed by atoms with E-state index in [1.54, 1.807) is 0 Å². The van der Waals surface area contributed by atoms with E-state index in [0.717, 1.165) is 5.06 Å². The van der Waals surface area contributed by atoms with Crippen molar-refractivity contribution in [2.45, 2.75) is 6.54 Å². The summed E-state index contributed by atoms with van der Waals surface area (Å²) in [7, 11) is 2.70. The lowest BCUT2D eigenvalue weighted by molar-refractivity contribution is -0.0736. The highest BCUT2D eigenvalue weighted by molar-refractivity contribution is 9.10. The minimum absolute atomic E-state index is 0.0192. The molecule has 1 rings (SSSR count). The monoisotopic (exact) mass is 279 g/mol. The van der Waals surface area contributed by atoms with Crippen molar-refractivity contribution in [2.24, 2.45) is 0 Å². The number of aromatic hydroxyl groups is 1. The molecule has 15 heavy (non-hydrogen) atoms. The summed E-state index contributed by atoms with van der Waals surface area (Å²) in [6, 6.07) is 1.49. The number of hydrogen-bond donors (Lipinski definition) is 2. The van der Waals surface area contributed by atoms with Crippen LogP contribution in [0.25, 0.3) is 0 Å². The largest absolute Gasteiger partial charge is 0.504 e. The number of rotatable bonds is 3. The van der Waals surface area contributed by atoms with Crippen LogP contribution < -0.4 is 4.74 Å². The molecule has 4 nitrogen and oxygen atoms in total. The van der Waals surface area contributed by atoms with Gasteiger partial charge in [0.05, 0.1) is 18.1 Å². The van der Waals surface area contributed by atoms with Gasteiger partial charge in [0.2, 0.25) is 5.82 Å². The number of nitrogens with zero attached hydrogens (tertiary/aromatic N) is 1. The summed E-state index contributed by atoms with van der Waals surface area (Å²) in [5.41, 5.74) is 0.269. The molecular weight excluding hydrogens is 269 g/mol. The van der Waals surface area contributed by atoms with Gasteiger partial charge in [-0.05, 0) is 22.0 Å². The maximum Gasteiger partial charge on any atom is 0.208 e. The van der Waals surface area contributed by atoms with Crippen molar-refractivity contribution in [2.75, 3.05) is 14.2 Å². The SMILES string of the molecule is COc1c(Br)cc(CN(C)O)c(O)c1F. The van der Waals surface area contributed by atoms with E-state index in [0.29, 0.717) is 4.47 Å². The topological polar surface area (TPSA) is 52.9 Å². The van der Waals surface area contributed by atoms with Gasteiger partial charge in [0.15, 0.2) is 11.5 Å². The lowest BCUT2D eigenvalue weighted by atomic mass is 10.2. The van der Waals surface area contributed by atoms with E-state index in [2.05, 4.69) is 15.9 Å². The Morgan fingerprint density at radius 2 is 2.20 bits per heavy atom. The smallest absolute Gasteiger partial charge is 0.208 e. The molecule has 6 heteroatoms. The molecular formula is C9H11BrFNO3. The van der Waals surface area contributed by atoms with E-state index in [9.17, 15) is 9.50 Å². The molecule has 0 saturated heterocycles. The van der Waals surface area contributed by atoms with Crippen LogP contribution in [0.1, 0.15) is 5.56 Å². The second-order valence-corrected chi connectivity index (χ2v) is 3.88. The van der Waals surface area contributed by atoms with E-state index in [-0.39, 0.29) is 17.9 Å². The zero-order chi connectivity index (χ0) is 11.6. The summed E-state index contributed by atoms with van der Waals surface area (Å²) in [4.78, 5) is 0. The fourth-order valence-corrected chi connectivity index (χ4v) is 1.81. The van der Waals surface area contributed by atoms with E-state index in [1.807, 2.05) is 0 Å². The molecule has 0 fully saturated rings. The molecule has 1 aromatic carbocycles. The predicted molar refractivity (Wildman–Crippen MR) is 55.6 cm³/mol. The first kappa shape index (κ1) is 12.2. The van der Waals surface area contributed by atoms with Gasteiger partial charge in [-0.25, -0.2) is 0 Å². The standard InChI is InChI=1S/C9H11BrFNO3/c1-12(14)4-5-3-6(10)9(15-2)7(11)8(5)13/h3,13-14H,4H2,1-2H3. The van der Waals surface area contributed by atoms with Gasteiger partial charge in [-0.2, -0.15) is 9.45 Å². The van der Waals surface area contributed by atoms with Crippen molar-refractivity contribution >= 4 is 15.9 Å². The summed E-state index contributed by atoms with van der Waals surface area (Å²) >= 11 is 3.11. The van der Waals surface area contributed by atoms with Gasteiger partial charge in [-0.1, -0.05) is 0 Å². The van der Waals surface area contributed by atoms with E-state index in [1.165, 1.54) is 20.2 Å². The molecule has 0 unspecified atom stereocenters. The van der Waals surface area contributed by atoms with Gasteiger partial charge < -0.3 is 15.1 Å². The quantitative estimate of drug-likeness (QED) is 0.833. The highest BCUT2D eigenvalue weighted by Crippen LogP contribution is 2.36. The Kier molecular flexibility index (Phi) is 3.90. The van der Waals surface area contributed by atoms with E-state index in [4.69, 9.17) is 9.94 Å². The fraction of sp³-hybridized carbons (Fsp3) is 0.333. The van der Waals surface area contributed by atoms with Crippen LogP contribution in [0.3, 0.4) is 0 Å². The molecule has 0 atom stereocenters. The number of phenols is 1. The highest BCUT2D eigenvalue weighted by atomic mass is 79.9. The van der Waals surface area contributed by atoms with E-state index < -0.39 is 11.6 Å². The van der Waals surface area contributed by atoms with Crippen molar-refractivity contribution in [1.82, 2.24) is 5.06 Å². The number of halogens is 2. The van der Waals surface area contributed by atoms with Crippen molar-refractivity contribution in [3.05, 3.63) is 21.9 Å². The van der Waals surface area contributed by atoms with Crippen LogP contribution in [0.2, 0.25) is 0 Å². The maximum absolute atomic E-state index is 13.5. The number of ether oxygens (including phenoxy) is 1. The summed E-state index contributed by atoms with van der Waals surface area (Å²) in [5.74, 6) is -1.42. The summed E-state index contributed by atoms with van der Waals surface area (Å²) < 4.78 is 18.6. The third-order valence-corrected chi connectivity index (χ3v) is 2.42. The Morgan fingerprint density at radius 1 is 1.60 bits per heavy atom. The summed E-state index contributed by atoms with van der Waals surface area (Å²) in [6.07, 6.45) is 0. The second kappa shape index (κ2) is 4.78. The van der Waals surface area contributed by atoms with Crippen molar-refractivity contribution in [3.8, 4) is 11.5 Å². The number of methoxy groups -OCH3 is 1. The highest BCUT2D eigenvalue weighted by Gasteiger charge is 2.17. The minimum atomic E-state index is -0.844. The molecule has 1 aromatic rings. The van der Waals surface area contributed by atoms with Crippen LogP contribution in [-0.2, 0) is 6.54 Å². The molecule has 84 valence electrons. The molecule has 0 saturated carbocycles. The van der Waals surface area contributed by atoms with Gasteiger partial charge >= 0.3 is 0 Å². The first-order valence-electron chi connectivity index (χ1n) is 4.11. The molecule has 0 aliphatic heterocycles. The second-order valence-electron chi connectivity index (χ2n) is 3.03. The Bertz CT molecular complexity index is 371. The van der Waals surface area contributed by atoms with Crippen LogP contribution in [-0.4, -0.2) is 29.5 Å². The molecule has 0 aliphatic rings. The van der Waals surface area contributed by atoms with Crippen LogP contribution in [0.5, 0.6) is 11.5 Å². The molecule has 0 bridgehead atoms. The van der Waals surface area contributed by atoms with Gasteiger partial charge in [-0.15, -0.1) is 0 Å². The van der Waals surface area contributed by atoms with Crippen molar-refractivity contribution in [1.29, 1.82) is 0 Å². The van der Waals surface area contributed by atoms with E-state index >= 15 is 0 Å². The Labute approximate surface area is 95.0 Å². The van der Waals surface area contributed by atoms with Crippen LogP contribution in [0.4, 0.5) is 4.39 Å². The molecule has 2 N–H and O–H groups in total. The first-order valence-corrected chi connectivity index (χ1v) is 4.90. The summed E-state index contributed by atoms with van der Waals surface area (Å²) in [6.45, 7) is 0.0192. The van der Waals surface area contributed by atoms with Gasteiger partial charge in [0.25, 0.3) is 0 Å². The van der Waals surface area contributed by atoms with Gasteiger partial charge in [0, 0.05) is 12.6 Å². The minimum Gasteiger partial charge on any atom is -0.504 e. The maximum atomic E-state index is 13.5. The lowest BCUT2D eigenvalue weighted by Crippen LogP contribution is -2.12. The zero-order valence-corrected chi connectivity index (χ0v) is 9.88. The number of hydroxylamine groups is 2. The Hall–Kier alpha value is -0.850. The number of benzene rings is 1. The van der Waals surface area contributed by atoms with Crippen LogP contribution in [0, 0.1) is 5.82 Å². The zero-order valence-electron chi connectivity index (χ0n) is 8.29. The molecule has 0 heterocycles. The third kappa shape index (κ3) is 2.58. The third-order valence-electron chi connectivity index (χ3n) is 1.83. The lowest BCUT2D eigenvalue weighted by Gasteiger charge is -2.13. The van der Waals surface area contributed by atoms with Crippen LogP contribution >= 0.6 is 15.9 Å². The number of hydrogen-bond acceptors (Lipinski definition) is 4. The summed E-state index contributed by atoms with van der Waals surface area (Å²) in [5, 5.41) is 19.3. The average Bonchev–Trinajstić information content (AvgIpc) is 2.14. The Morgan fingerprint density at radius 3 is 2.67 bits per heavy atom. The Balaban J connectivity index is 3.21. The van der Waals surface area contributed by atoms with Crippen molar-refractivity contribution < 1.29 is 19.4 Å². The van der Waals surface area contributed by atoms with Gasteiger partial charge in [0.1, 0.15) is 0 Å². The number of phenolic OH excluding ortho intramolecular Hbond substituents is 1. The molecule has 0 aromatic heterocycles. The molecule has 0 amide bonds. The first-order chi connectivity index (χ1) is 6.97.